The van der Waals surface area contributed by atoms with Crippen LogP contribution in [0.1, 0.15) is 53.9 Å². The molecule has 5 nitrogen and oxygen atoms in total. The first-order chi connectivity index (χ1) is 10.9. The number of methoxy groups -OCH3 is 1. The number of hydrogen-bond donors (Lipinski definition) is 2. The minimum atomic E-state index is 0.112. The predicted octanol–water partition coefficient (Wildman–Crippen LogP) is 2.48. The van der Waals surface area contributed by atoms with E-state index in [4.69, 9.17) is 9.73 Å². The van der Waals surface area contributed by atoms with Gasteiger partial charge in [0.1, 0.15) is 0 Å². The van der Waals surface area contributed by atoms with E-state index in [9.17, 15) is 0 Å². The summed E-state index contributed by atoms with van der Waals surface area (Å²) in [6.45, 7) is 15.9. The summed E-state index contributed by atoms with van der Waals surface area (Å²) < 4.78 is 5.62. The van der Waals surface area contributed by atoms with Crippen LogP contribution in [0.4, 0.5) is 0 Å². The van der Waals surface area contributed by atoms with E-state index in [1.165, 1.54) is 25.9 Å². The largest absolute Gasteiger partial charge is 0.379 e. The molecule has 1 rings (SSSR count). The molecule has 1 heterocycles. The molecule has 0 aromatic heterocycles. The Morgan fingerprint density at radius 2 is 1.83 bits per heavy atom. The monoisotopic (exact) mass is 326 g/mol. The topological polar surface area (TPSA) is 48.9 Å². The van der Waals surface area contributed by atoms with Crippen LogP contribution >= 0.6 is 0 Å². The SMILES string of the molecule is CCNC(=NCC(CC)N1CCCC1)NCC(OC)C(C)(C)C. The lowest BCUT2D eigenvalue weighted by Gasteiger charge is -2.30. The third-order valence-electron chi connectivity index (χ3n) is 4.64. The average Bonchev–Trinajstić information content (AvgIpc) is 3.01. The summed E-state index contributed by atoms with van der Waals surface area (Å²) in [5, 5.41) is 6.79. The van der Waals surface area contributed by atoms with Crippen LogP contribution in [0.25, 0.3) is 0 Å². The fourth-order valence-electron chi connectivity index (χ4n) is 3.08. The fraction of sp³-hybridized carbons (Fsp3) is 0.944. The molecular weight excluding hydrogens is 288 g/mol. The van der Waals surface area contributed by atoms with E-state index >= 15 is 0 Å². The molecule has 2 atom stereocenters. The summed E-state index contributed by atoms with van der Waals surface area (Å²) in [6, 6.07) is 0.564. The van der Waals surface area contributed by atoms with E-state index in [0.717, 1.165) is 32.0 Å². The van der Waals surface area contributed by atoms with Crippen LogP contribution in [0.5, 0.6) is 0 Å². The Kier molecular flexibility index (Phi) is 8.92. The van der Waals surface area contributed by atoms with Crippen molar-refractivity contribution in [1.82, 2.24) is 15.5 Å². The molecule has 0 aliphatic carbocycles. The van der Waals surface area contributed by atoms with Gasteiger partial charge in [0.25, 0.3) is 0 Å². The van der Waals surface area contributed by atoms with Crippen molar-refractivity contribution in [3.8, 4) is 0 Å². The van der Waals surface area contributed by atoms with Gasteiger partial charge in [0, 0.05) is 26.2 Å². The molecular formula is C18H38N4O. The number of aliphatic imine (C=N–C) groups is 1. The summed E-state index contributed by atoms with van der Waals surface area (Å²) in [6.07, 6.45) is 3.98. The van der Waals surface area contributed by atoms with Gasteiger partial charge in [-0.2, -0.15) is 0 Å². The number of nitrogens with zero attached hydrogens (tertiary/aromatic N) is 2. The van der Waals surface area contributed by atoms with Crippen molar-refractivity contribution in [2.45, 2.75) is 66.0 Å². The van der Waals surface area contributed by atoms with Gasteiger partial charge in [-0.15, -0.1) is 0 Å². The number of guanidine groups is 1. The van der Waals surface area contributed by atoms with Crippen LogP contribution in [-0.2, 0) is 4.74 Å². The molecule has 0 saturated carbocycles. The quantitative estimate of drug-likeness (QED) is 0.531. The van der Waals surface area contributed by atoms with Crippen LogP contribution in [0.15, 0.2) is 4.99 Å². The first-order valence-electron chi connectivity index (χ1n) is 9.21. The second kappa shape index (κ2) is 10.1. The van der Waals surface area contributed by atoms with E-state index in [2.05, 4.69) is 50.2 Å². The maximum absolute atomic E-state index is 5.62. The van der Waals surface area contributed by atoms with E-state index < -0.39 is 0 Å². The zero-order valence-corrected chi connectivity index (χ0v) is 16.1. The third kappa shape index (κ3) is 7.08. The Morgan fingerprint density at radius 3 is 2.30 bits per heavy atom. The molecule has 0 radical (unpaired) electrons. The first kappa shape index (κ1) is 20.2. The van der Waals surface area contributed by atoms with Crippen molar-refractivity contribution in [2.75, 3.05) is 39.8 Å². The highest BCUT2D eigenvalue weighted by atomic mass is 16.5. The normalized spacial score (nSPS) is 19.7. The molecule has 1 fully saturated rings. The summed E-state index contributed by atoms with van der Waals surface area (Å²) >= 11 is 0. The van der Waals surface area contributed by atoms with E-state index in [1.807, 2.05) is 0 Å². The van der Waals surface area contributed by atoms with Crippen LogP contribution in [-0.4, -0.2) is 62.8 Å². The molecule has 5 heteroatoms. The molecule has 1 aliphatic rings. The Morgan fingerprint density at radius 1 is 1.17 bits per heavy atom. The van der Waals surface area contributed by atoms with Crippen molar-refractivity contribution in [3.63, 3.8) is 0 Å². The van der Waals surface area contributed by atoms with E-state index in [0.29, 0.717) is 6.04 Å². The van der Waals surface area contributed by atoms with Crippen LogP contribution in [0, 0.1) is 5.41 Å². The fourth-order valence-corrected chi connectivity index (χ4v) is 3.08. The molecule has 0 amide bonds. The average molecular weight is 327 g/mol. The van der Waals surface area contributed by atoms with Crippen molar-refractivity contribution >= 4 is 5.96 Å². The number of ether oxygens (including phenoxy) is 1. The molecule has 1 saturated heterocycles. The number of nitrogens with one attached hydrogen (secondary N) is 2. The highest BCUT2D eigenvalue weighted by Crippen LogP contribution is 2.21. The molecule has 2 N–H and O–H groups in total. The van der Waals surface area contributed by atoms with Gasteiger partial charge >= 0.3 is 0 Å². The van der Waals surface area contributed by atoms with Crippen molar-refractivity contribution in [2.24, 2.45) is 10.4 Å². The van der Waals surface area contributed by atoms with Crippen molar-refractivity contribution in [1.29, 1.82) is 0 Å². The van der Waals surface area contributed by atoms with Gasteiger partial charge < -0.3 is 15.4 Å². The second-order valence-electron chi connectivity index (χ2n) is 7.50. The third-order valence-corrected chi connectivity index (χ3v) is 4.64. The van der Waals surface area contributed by atoms with Gasteiger partial charge in [0.05, 0.1) is 12.6 Å². The van der Waals surface area contributed by atoms with Gasteiger partial charge in [-0.1, -0.05) is 27.7 Å². The van der Waals surface area contributed by atoms with Gasteiger partial charge in [0.2, 0.25) is 0 Å². The van der Waals surface area contributed by atoms with Crippen LogP contribution in [0.3, 0.4) is 0 Å². The summed E-state index contributed by atoms with van der Waals surface area (Å²) in [5.74, 6) is 0.899. The molecule has 136 valence electrons. The highest BCUT2D eigenvalue weighted by Gasteiger charge is 2.24. The lowest BCUT2D eigenvalue weighted by atomic mass is 9.89. The van der Waals surface area contributed by atoms with Gasteiger partial charge in [0.15, 0.2) is 5.96 Å². The zero-order valence-electron chi connectivity index (χ0n) is 16.1. The summed E-state index contributed by atoms with van der Waals surface area (Å²) in [5.41, 5.74) is 0.112. The van der Waals surface area contributed by atoms with Gasteiger partial charge in [-0.3, -0.25) is 9.89 Å². The van der Waals surface area contributed by atoms with E-state index in [-0.39, 0.29) is 11.5 Å². The first-order valence-corrected chi connectivity index (χ1v) is 9.21. The maximum atomic E-state index is 5.62. The Balaban J connectivity index is 2.57. The molecule has 23 heavy (non-hydrogen) atoms. The predicted molar refractivity (Wildman–Crippen MR) is 99.1 cm³/mol. The molecule has 0 aromatic rings. The van der Waals surface area contributed by atoms with Crippen LogP contribution in [0.2, 0.25) is 0 Å². The minimum absolute atomic E-state index is 0.112. The molecule has 2 unspecified atom stereocenters. The van der Waals surface area contributed by atoms with Crippen molar-refractivity contribution < 1.29 is 4.74 Å². The number of rotatable bonds is 8. The zero-order chi connectivity index (χ0) is 17.3. The standard InChI is InChI=1S/C18H38N4O/c1-7-15(22-11-9-10-12-22)13-20-17(19-8-2)21-14-16(23-6)18(3,4)5/h15-16H,7-14H2,1-6H3,(H2,19,20,21). The van der Waals surface area contributed by atoms with Gasteiger partial charge in [-0.25, -0.2) is 0 Å². The molecule has 0 spiro atoms. The summed E-state index contributed by atoms with van der Waals surface area (Å²) in [7, 11) is 1.78. The van der Waals surface area contributed by atoms with Crippen molar-refractivity contribution in [3.05, 3.63) is 0 Å². The molecule has 0 aromatic carbocycles. The number of likely N-dealkylation sites (tertiary alicyclic amines) is 1. The van der Waals surface area contributed by atoms with E-state index in [1.54, 1.807) is 7.11 Å². The Hall–Kier alpha value is -0.810. The minimum Gasteiger partial charge on any atom is -0.379 e. The van der Waals surface area contributed by atoms with Gasteiger partial charge in [-0.05, 0) is 44.7 Å². The summed E-state index contributed by atoms with van der Waals surface area (Å²) in [4.78, 5) is 7.40. The second-order valence-corrected chi connectivity index (χ2v) is 7.50. The lowest BCUT2D eigenvalue weighted by molar-refractivity contribution is 0.0205. The lowest BCUT2D eigenvalue weighted by Crippen LogP contribution is -2.46. The maximum Gasteiger partial charge on any atom is 0.191 e. The highest BCUT2D eigenvalue weighted by molar-refractivity contribution is 5.79. The smallest absolute Gasteiger partial charge is 0.191 e. The number of hydrogen-bond acceptors (Lipinski definition) is 3. The Bertz CT molecular complexity index is 345. The molecule has 1 aliphatic heterocycles. The molecule has 0 bridgehead atoms. The Labute approximate surface area is 143 Å². The van der Waals surface area contributed by atoms with Crippen LogP contribution < -0.4 is 10.6 Å².